The number of hydrogen-bond donors (Lipinski definition) is 0. The fourth-order valence-corrected chi connectivity index (χ4v) is 2.67. The Bertz CT molecular complexity index is 485. The molecule has 1 amide bonds. The van der Waals surface area contributed by atoms with Crippen molar-refractivity contribution in [2.45, 2.75) is 13.8 Å². The van der Waals surface area contributed by atoms with Crippen LogP contribution in [-0.4, -0.2) is 48.4 Å². The van der Waals surface area contributed by atoms with Crippen LogP contribution in [0.1, 0.15) is 22.8 Å². The molecule has 1 aromatic rings. The van der Waals surface area contributed by atoms with Crippen molar-refractivity contribution in [3.63, 3.8) is 0 Å². The maximum Gasteiger partial charge on any atom is 0.257 e. The zero-order valence-electron chi connectivity index (χ0n) is 11.2. The van der Waals surface area contributed by atoms with Gasteiger partial charge in [-0.15, -0.1) is 0 Å². The van der Waals surface area contributed by atoms with Gasteiger partial charge in [-0.05, 0) is 31.2 Å². The van der Waals surface area contributed by atoms with E-state index in [9.17, 15) is 9.18 Å². The Morgan fingerprint density at radius 2 is 1.95 bits per heavy atom. The van der Waals surface area contributed by atoms with Crippen molar-refractivity contribution in [1.29, 1.82) is 0 Å². The smallest absolute Gasteiger partial charge is 0.257 e. The lowest BCUT2D eigenvalue weighted by atomic mass is 10.1. The van der Waals surface area contributed by atoms with Crippen LogP contribution in [0.3, 0.4) is 0 Å². The number of piperazine rings is 1. The molecule has 1 aromatic carbocycles. The van der Waals surface area contributed by atoms with Gasteiger partial charge in [-0.3, -0.25) is 4.79 Å². The second kappa shape index (κ2) is 6.01. The lowest BCUT2D eigenvalue weighted by molar-refractivity contribution is 0.0638. The molecule has 19 heavy (non-hydrogen) atoms. The van der Waals surface area contributed by atoms with Crippen molar-refractivity contribution in [2.24, 2.45) is 0 Å². The molecule has 0 N–H and O–H groups in total. The highest BCUT2D eigenvalue weighted by molar-refractivity contribution is 9.10. The highest BCUT2D eigenvalue weighted by Gasteiger charge is 2.25. The normalized spacial score (nSPS) is 16.7. The standard InChI is InChI=1S/C14H18BrFN2O/c1-3-17-6-8-18(9-7-17)14(19)13-10(2)11(15)4-5-12(13)16/h4-5H,3,6-9H2,1-2H3. The third kappa shape index (κ3) is 2.98. The van der Waals surface area contributed by atoms with E-state index in [-0.39, 0.29) is 11.5 Å². The molecule has 3 nitrogen and oxygen atoms in total. The second-order valence-corrected chi connectivity index (χ2v) is 5.61. The van der Waals surface area contributed by atoms with Gasteiger partial charge in [0, 0.05) is 30.7 Å². The molecule has 104 valence electrons. The molecule has 0 saturated carbocycles. The first-order chi connectivity index (χ1) is 9.04. The zero-order valence-corrected chi connectivity index (χ0v) is 12.8. The monoisotopic (exact) mass is 328 g/mol. The zero-order chi connectivity index (χ0) is 14.0. The summed E-state index contributed by atoms with van der Waals surface area (Å²) in [5, 5.41) is 0. The van der Waals surface area contributed by atoms with E-state index >= 15 is 0 Å². The number of benzene rings is 1. The lowest BCUT2D eigenvalue weighted by Crippen LogP contribution is -2.48. The van der Waals surface area contributed by atoms with Crippen molar-refractivity contribution in [3.05, 3.63) is 33.5 Å². The first kappa shape index (κ1) is 14.5. The van der Waals surface area contributed by atoms with Crippen molar-refractivity contribution in [3.8, 4) is 0 Å². The minimum absolute atomic E-state index is 0.194. The molecule has 2 rings (SSSR count). The predicted molar refractivity (Wildman–Crippen MR) is 76.9 cm³/mol. The van der Waals surface area contributed by atoms with E-state index in [0.29, 0.717) is 18.7 Å². The molecule has 0 bridgehead atoms. The highest BCUT2D eigenvalue weighted by atomic mass is 79.9. The number of nitrogens with zero attached hydrogens (tertiary/aromatic N) is 2. The summed E-state index contributed by atoms with van der Waals surface area (Å²) in [5.41, 5.74) is 0.863. The quantitative estimate of drug-likeness (QED) is 0.833. The number of hydrogen-bond acceptors (Lipinski definition) is 2. The summed E-state index contributed by atoms with van der Waals surface area (Å²) < 4.78 is 14.7. The van der Waals surface area contributed by atoms with Crippen molar-refractivity contribution >= 4 is 21.8 Å². The molecule has 0 aromatic heterocycles. The molecule has 0 spiro atoms. The van der Waals surface area contributed by atoms with Gasteiger partial charge in [0.2, 0.25) is 0 Å². The van der Waals surface area contributed by atoms with Crippen LogP contribution in [0.4, 0.5) is 4.39 Å². The summed E-state index contributed by atoms with van der Waals surface area (Å²) in [6.45, 7) is 7.91. The van der Waals surface area contributed by atoms with Gasteiger partial charge in [0.15, 0.2) is 0 Å². The first-order valence-corrected chi connectivity index (χ1v) is 7.30. The first-order valence-electron chi connectivity index (χ1n) is 6.50. The van der Waals surface area contributed by atoms with Crippen LogP contribution in [-0.2, 0) is 0 Å². The Kier molecular flexibility index (Phi) is 4.58. The molecule has 0 radical (unpaired) electrons. The summed E-state index contributed by atoms with van der Waals surface area (Å²) in [4.78, 5) is 16.5. The summed E-state index contributed by atoms with van der Waals surface area (Å²) in [6.07, 6.45) is 0. The number of likely N-dealkylation sites (N-methyl/N-ethyl adjacent to an activating group) is 1. The Morgan fingerprint density at radius 3 is 2.53 bits per heavy atom. The average molecular weight is 329 g/mol. The van der Waals surface area contributed by atoms with E-state index in [0.717, 1.165) is 24.1 Å². The van der Waals surface area contributed by atoms with Gasteiger partial charge in [-0.1, -0.05) is 22.9 Å². The Hall–Kier alpha value is -0.940. The van der Waals surface area contributed by atoms with Crippen LogP contribution < -0.4 is 0 Å². The van der Waals surface area contributed by atoms with Crippen LogP contribution >= 0.6 is 15.9 Å². The van der Waals surface area contributed by atoms with Gasteiger partial charge in [-0.25, -0.2) is 4.39 Å². The van der Waals surface area contributed by atoms with E-state index in [1.54, 1.807) is 17.9 Å². The fourth-order valence-electron chi connectivity index (χ4n) is 2.34. The van der Waals surface area contributed by atoms with Crippen molar-refractivity contribution < 1.29 is 9.18 Å². The number of carbonyl (C=O) groups excluding carboxylic acids is 1. The van der Waals surface area contributed by atoms with E-state index < -0.39 is 5.82 Å². The Balaban J connectivity index is 2.19. The molecule has 0 unspecified atom stereocenters. The maximum absolute atomic E-state index is 13.9. The van der Waals surface area contributed by atoms with Gasteiger partial charge in [-0.2, -0.15) is 0 Å². The molecule has 0 aliphatic carbocycles. The van der Waals surface area contributed by atoms with E-state index in [2.05, 4.69) is 27.8 Å². The summed E-state index contributed by atoms with van der Waals surface area (Å²) in [6, 6.07) is 2.98. The molecule has 1 aliphatic heterocycles. The van der Waals surface area contributed by atoms with Gasteiger partial charge >= 0.3 is 0 Å². The van der Waals surface area contributed by atoms with Crippen LogP contribution in [0.25, 0.3) is 0 Å². The maximum atomic E-state index is 13.9. The Labute approximate surface area is 121 Å². The second-order valence-electron chi connectivity index (χ2n) is 4.76. The number of rotatable bonds is 2. The van der Waals surface area contributed by atoms with Gasteiger partial charge in [0.1, 0.15) is 5.82 Å². The van der Waals surface area contributed by atoms with Crippen LogP contribution in [0.15, 0.2) is 16.6 Å². The SMILES string of the molecule is CCN1CCN(C(=O)c2c(F)ccc(Br)c2C)CC1. The molecule has 1 fully saturated rings. The highest BCUT2D eigenvalue weighted by Crippen LogP contribution is 2.24. The molecule has 5 heteroatoms. The van der Waals surface area contributed by atoms with E-state index in [4.69, 9.17) is 0 Å². The van der Waals surface area contributed by atoms with Crippen molar-refractivity contribution in [1.82, 2.24) is 9.80 Å². The topological polar surface area (TPSA) is 23.6 Å². The number of halogens is 2. The van der Waals surface area contributed by atoms with Gasteiger partial charge < -0.3 is 9.80 Å². The largest absolute Gasteiger partial charge is 0.336 e. The minimum Gasteiger partial charge on any atom is -0.336 e. The van der Waals surface area contributed by atoms with Crippen LogP contribution in [0, 0.1) is 12.7 Å². The van der Waals surface area contributed by atoms with Crippen molar-refractivity contribution in [2.75, 3.05) is 32.7 Å². The molecule has 1 heterocycles. The minimum atomic E-state index is -0.441. The van der Waals surface area contributed by atoms with E-state index in [1.165, 1.54) is 6.07 Å². The molecule has 1 saturated heterocycles. The third-order valence-corrected chi connectivity index (χ3v) is 4.53. The van der Waals surface area contributed by atoms with Gasteiger partial charge in [0.05, 0.1) is 5.56 Å². The summed E-state index contributed by atoms with van der Waals surface area (Å²) in [5.74, 6) is -0.643. The predicted octanol–water partition coefficient (Wildman–Crippen LogP) is 2.67. The molecular weight excluding hydrogens is 311 g/mol. The number of amides is 1. The average Bonchev–Trinajstić information content (AvgIpc) is 2.43. The van der Waals surface area contributed by atoms with Gasteiger partial charge in [0.25, 0.3) is 5.91 Å². The van der Waals surface area contributed by atoms with Crippen LogP contribution in [0.2, 0.25) is 0 Å². The molecular formula is C14H18BrFN2O. The van der Waals surface area contributed by atoms with Crippen LogP contribution in [0.5, 0.6) is 0 Å². The summed E-state index contributed by atoms with van der Waals surface area (Å²) in [7, 11) is 0. The third-order valence-electron chi connectivity index (χ3n) is 3.67. The Morgan fingerprint density at radius 1 is 1.32 bits per heavy atom. The van der Waals surface area contributed by atoms with E-state index in [1.807, 2.05) is 0 Å². The fraction of sp³-hybridized carbons (Fsp3) is 0.500. The lowest BCUT2D eigenvalue weighted by Gasteiger charge is -2.34. The number of carbonyl (C=O) groups is 1. The molecule has 1 aliphatic rings. The summed E-state index contributed by atoms with van der Waals surface area (Å²) >= 11 is 3.35. The molecule has 0 atom stereocenters.